The van der Waals surface area contributed by atoms with Gasteiger partial charge in [0, 0.05) is 6.08 Å². The Morgan fingerprint density at radius 1 is 1.33 bits per heavy atom. The Bertz CT molecular complexity index is 343. The average molecular weight is 157 g/mol. The smallest absolute Gasteiger partial charge is 0.0912 e. The first-order valence-electron chi connectivity index (χ1n) is 3.88. The fourth-order valence-corrected chi connectivity index (χ4v) is 1.08. The van der Waals surface area contributed by atoms with Crippen LogP contribution < -0.4 is 0 Å². The van der Waals surface area contributed by atoms with Crippen LogP contribution in [0.5, 0.6) is 0 Å². The number of nitrogens with zero attached hydrogens (tertiary/aromatic N) is 1. The van der Waals surface area contributed by atoms with E-state index in [2.05, 4.69) is 19.9 Å². The summed E-state index contributed by atoms with van der Waals surface area (Å²) in [6.45, 7) is 4.13. The molecule has 0 aliphatic heterocycles. The molecule has 0 N–H and O–H groups in total. The lowest BCUT2D eigenvalue weighted by Gasteiger charge is -2.02. The minimum atomic E-state index is 1.12. The molecule has 0 saturated carbocycles. The van der Waals surface area contributed by atoms with Crippen molar-refractivity contribution in [1.29, 1.82) is 5.26 Å². The van der Waals surface area contributed by atoms with Gasteiger partial charge in [-0.05, 0) is 36.6 Å². The fraction of sp³-hybridized carbons (Fsp3) is 0.182. The van der Waals surface area contributed by atoms with E-state index >= 15 is 0 Å². The third-order valence-corrected chi connectivity index (χ3v) is 1.98. The molecule has 0 radical (unpaired) electrons. The number of hydrogen-bond acceptors (Lipinski definition) is 1. The molecule has 0 bridgehead atoms. The van der Waals surface area contributed by atoms with Crippen LogP contribution in [0.15, 0.2) is 24.3 Å². The molecule has 0 atom stereocenters. The molecule has 0 aliphatic carbocycles. The van der Waals surface area contributed by atoms with Crippen molar-refractivity contribution >= 4 is 6.08 Å². The number of allylic oxidation sites excluding steroid dienone is 1. The summed E-state index contributed by atoms with van der Waals surface area (Å²) >= 11 is 0. The van der Waals surface area contributed by atoms with Crippen molar-refractivity contribution in [3.05, 3.63) is 41.0 Å². The zero-order valence-corrected chi connectivity index (χ0v) is 7.33. The van der Waals surface area contributed by atoms with Gasteiger partial charge >= 0.3 is 0 Å². The van der Waals surface area contributed by atoms with E-state index in [9.17, 15) is 0 Å². The zero-order chi connectivity index (χ0) is 8.97. The Morgan fingerprint density at radius 3 is 2.75 bits per heavy atom. The van der Waals surface area contributed by atoms with Crippen molar-refractivity contribution in [2.75, 3.05) is 0 Å². The van der Waals surface area contributed by atoms with E-state index in [1.54, 1.807) is 0 Å². The van der Waals surface area contributed by atoms with Crippen LogP contribution in [0.1, 0.15) is 16.7 Å². The molecule has 1 aromatic rings. The summed E-state index contributed by atoms with van der Waals surface area (Å²) in [6.07, 6.45) is 3.34. The molecule has 60 valence electrons. The van der Waals surface area contributed by atoms with E-state index in [0.29, 0.717) is 0 Å². The lowest BCUT2D eigenvalue weighted by atomic mass is 10.0. The van der Waals surface area contributed by atoms with Gasteiger partial charge in [0.05, 0.1) is 6.07 Å². The van der Waals surface area contributed by atoms with Crippen molar-refractivity contribution in [3.63, 3.8) is 0 Å². The van der Waals surface area contributed by atoms with Crippen LogP contribution in [0.4, 0.5) is 0 Å². The van der Waals surface area contributed by atoms with Crippen molar-refractivity contribution < 1.29 is 0 Å². The second-order valence-electron chi connectivity index (χ2n) is 2.75. The highest BCUT2D eigenvalue weighted by molar-refractivity contribution is 5.57. The highest BCUT2D eigenvalue weighted by Gasteiger charge is 1.95. The van der Waals surface area contributed by atoms with Crippen LogP contribution in [0.25, 0.3) is 6.08 Å². The first-order valence-corrected chi connectivity index (χ1v) is 3.88. The van der Waals surface area contributed by atoms with Crippen molar-refractivity contribution in [2.45, 2.75) is 13.8 Å². The van der Waals surface area contributed by atoms with Gasteiger partial charge in [0.25, 0.3) is 0 Å². The fourth-order valence-electron chi connectivity index (χ4n) is 1.08. The highest BCUT2D eigenvalue weighted by atomic mass is 14.2. The minimum Gasteiger partial charge on any atom is -0.193 e. The van der Waals surface area contributed by atoms with Crippen LogP contribution in [-0.4, -0.2) is 0 Å². The summed E-state index contributed by atoms with van der Waals surface area (Å²) in [7, 11) is 0. The van der Waals surface area contributed by atoms with E-state index in [0.717, 1.165) is 5.56 Å². The minimum absolute atomic E-state index is 1.12. The van der Waals surface area contributed by atoms with Crippen LogP contribution in [0, 0.1) is 25.2 Å². The maximum Gasteiger partial charge on any atom is 0.0912 e. The Hall–Kier alpha value is -1.55. The number of aryl methyl sites for hydroxylation is 1. The largest absolute Gasteiger partial charge is 0.193 e. The van der Waals surface area contributed by atoms with E-state index < -0.39 is 0 Å². The van der Waals surface area contributed by atoms with Gasteiger partial charge in [-0.25, -0.2) is 0 Å². The molecule has 0 unspecified atom stereocenters. The lowest BCUT2D eigenvalue weighted by Crippen LogP contribution is -1.83. The van der Waals surface area contributed by atoms with Gasteiger partial charge in [0.1, 0.15) is 0 Å². The molecule has 1 nitrogen and oxygen atoms in total. The van der Waals surface area contributed by atoms with Gasteiger partial charge in [0.15, 0.2) is 0 Å². The molecule has 12 heavy (non-hydrogen) atoms. The van der Waals surface area contributed by atoms with E-state index in [4.69, 9.17) is 5.26 Å². The molecule has 0 fully saturated rings. The second kappa shape index (κ2) is 3.73. The molecule has 0 heterocycles. The monoisotopic (exact) mass is 157 g/mol. The Balaban J connectivity index is 3.10. The molecular weight excluding hydrogens is 146 g/mol. The second-order valence-corrected chi connectivity index (χ2v) is 2.75. The van der Waals surface area contributed by atoms with Gasteiger partial charge < -0.3 is 0 Å². The van der Waals surface area contributed by atoms with Crippen molar-refractivity contribution in [1.82, 2.24) is 0 Å². The van der Waals surface area contributed by atoms with Crippen LogP contribution in [-0.2, 0) is 0 Å². The standard InChI is InChI=1S/C11H11N/c1-9-5-3-6-11(10(9)2)7-4-8-12/h3-7H,1-2H3. The van der Waals surface area contributed by atoms with Gasteiger partial charge in [0.2, 0.25) is 0 Å². The number of hydrogen-bond donors (Lipinski definition) is 0. The van der Waals surface area contributed by atoms with E-state index in [1.165, 1.54) is 17.2 Å². The van der Waals surface area contributed by atoms with Crippen molar-refractivity contribution in [3.8, 4) is 6.07 Å². The Kier molecular flexibility index (Phi) is 2.66. The van der Waals surface area contributed by atoms with Gasteiger partial charge in [-0.3, -0.25) is 0 Å². The number of rotatable bonds is 1. The normalized spacial score (nSPS) is 10.1. The summed E-state index contributed by atoms with van der Waals surface area (Å²) in [4.78, 5) is 0. The molecule has 1 aromatic carbocycles. The zero-order valence-electron chi connectivity index (χ0n) is 7.33. The molecule has 0 aliphatic rings. The molecule has 0 spiro atoms. The number of benzene rings is 1. The average Bonchev–Trinajstić information content (AvgIpc) is 2.08. The third-order valence-electron chi connectivity index (χ3n) is 1.98. The summed E-state index contributed by atoms with van der Waals surface area (Å²) in [6, 6.07) is 8.06. The maximum absolute atomic E-state index is 8.35. The Morgan fingerprint density at radius 2 is 2.08 bits per heavy atom. The maximum atomic E-state index is 8.35. The molecular formula is C11H11N. The predicted molar refractivity (Wildman–Crippen MR) is 50.6 cm³/mol. The van der Waals surface area contributed by atoms with Crippen LogP contribution in [0.2, 0.25) is 0 Å². The quantitative estimate of drug-likeness (QED) is 0.575. The molecule has 0 amide bonds. The summed E-state index contributed by atoms with van der Waals surface area (Å²) in [5, 5.41) is 8.35. The van der Waals surface area contributed by atoms with Crippen molar-refractivity contribution in [2.24, 2.45) is 0 Å². The highest BCUT2D eigenvalue weighted by Crippen LogP contribution is 2.13. The Labute approximate surface area is 73.0 Å². The molecule has 1 heteroatoms. The summed E-state index contributed by atoms with van der Waals surface area (Å²) in [5.74, 6) is 0. The van der Waals surface area contributed by atoms with Crippen LogP contribution >= 0.6 is 0 Å². The van der Waals surface area contributed by atoms with E-state index in [1.807, 2.05) is 24.3 Å². The van der Waals surface area contributed by atoms with Gasteiger partial charge in [-0.2, -0.15) is 5.26 Å². The summed E-state index contributed by atoms with van der Waals surface area (Å²) in [5.41, 5.74) is 3.62. The molecule has 0 saturated heterocycles. The first kappa shape index (κ1) is 8.55. The van der Waals surface area contributed by atoms with E-state index in [-0.39, 0.29) is 0 Å². The predicted octanol–water partition coefficient (Wildman–Crippen LogP) is 2.84. The number of nitriles is 1. The van der Waals surface area contributed by atoms with Gasteiger partial charge in [-0.1, -0.05) is 18.2 Å². The SMILES string of the molecule is Cc1cccc(C=CC#N)c1C. The first-order chi connectivity index (χ1) is 5.75. The van der Waals surface area contributed by atoms with Gasteiger partial charge in [-0.15, -0.1) is 0 Å². The third kappa shape index (κ3) is 1.73. The topological polar surface area (TPSA) is 23.8 Å². The molecule has 1 rings (SSSR count). The molecule has 0 aromatic heterocycles. The summed E-state index contributed by atoms with van der Waals surface area (Å²) < 4.78 is 0. The lowest BCUT2D eigenvalue weighted by molar-refractivity contribution is 1.33. The van der Waals surface area contributed by atoms with Crippen LogP contribution in [0.3, 0.4) is 0 Å².